The van der Waals surface area contributed by atoms with Gasteiger partial charge in [-0.1, -0.05) is 0 Å². The minimum atomic E-state index is -4.66. The Morgan fingerprint density at radius 2 is 1.79 bits per heavy atom. The zero-order chi connectivity index (χ0) is 20.6. The molecule has 0 amide bonds. The number of halogens is 4. The van der Waals surface area contributed by atoms with Crippen molar-refractivity contribution in [3.63, 3.8) is 0 Å². The lowest BCUT2D eigenvalue weighted by atomic mass is 10.3. The van der Waals surface area contributed by atoms with E-state index in [1.165, 1.54) is 22.9 Å². The van der Waals surface area contributed by atoms with Crippen LogP contribution in [0.5, 0.6) is 5.75 Å². The molecule has 0 aliphatic rings. The van der Waals surface area contributed by atoms with Crippen LogP contribution in [-0.4, -0.2) is 26.5 Å². The number of aromatic nitrogens is 4. The predicted octanol–water partition coefficient (Wildman–Crippen LogP) is 5.32. The number of alkyl halides is 3. The number of nitrogens with one attached hydrogen (secondary N) is 1. The summed E-state index contributed by atoms with van der Waals surface area (Å²) in [5, 5.41) is 3.05. The standard InChI is InChI=1S/C19H13BrF3N5O/c1-29-13-5-3-12(4-6-13)25-14-8-9-24-18(26-14)16-17(19(21,22)23)27-15-7-2-11(20)10-28(15)16/h2-10H,1H3,(H,24,25,26). The first-order valence-electron chi connectivity index (χ1n) is 8.34. The summed E-state index contributed by atoms with van der Waals surface area (Å²) in [6.45, 7) is 0. The highest BCUT2D eigenvalue weighted by Gasteiger charge is 2.39. The van der Waals surface area contributed by atoms with Gasteiger partial charge in [0.1, 0.15) is 22.9 Å². The first kappa shape index (κ1) is 19.2. The van der Waals surface area contributed by atoms with Crippen LogP contribution < -0.4 is 10.1 Å². The second kappa shape index (κ2) is 7.36. The molecule has 0 unspecified atom stereocenters. The fourth-order valence-corrected chi connectivity index (χ4v) is 3.13. The van der Waals surface area contributed by atoms with Crippen LogP contribution in [0.15, 0.2) is 59.3 Å². The van der Waals surface area contributed by atoms with E-state index in [0.29, 0.717) is 21.7 Å². The van der Waals surface area contributed by atoms with Crippen molar-refractivity contribution in [2.75, 3.05) is 12.4 Å². The molecule has 4 rings (SSSR count). The Morgan fingerprint density at radius 3 is 2.48 bits per heavy atom. The maximum atomic E-state index is 13.6. The van der Waals surface area contributed by atoms with Crippen LogP contribution in [-0.2, 0) is 6.18 Å². The number of nitrogens with zero attached hydrogens (tertiary/aromatic N) is 4. The molecule has 0 saturated carbocycles. The molecule has 148 valence electrons. The predicted molar refractivity (Wildman–Crippen MR) is 105 cm³/mol. The largest absolute Gasteiger partial charge is 0.497 e. The van der Waals surface area contributed by atoms with E-state index in [9.17, 15) is 13.2 Å². The number of benzene rings is 1. The van der Waals surface area contributed by atoms with Crippen molar-refractivity contribution in [2.24, 2.45) is 0 Å². The third-order valence-corrected chi connectivity index (χ3v) is 4.55. The van der Waals surface area contributed by atoms with Gasteiger partial charge in [0.15, 0.2) is 11.5 Å². The molecule has 3 aromatic heterocycles. The molecule has 0 saturated heterocycles. The molecule has 10 heteroatoms. The Bertz CT molecular complexity index is 1170. The summed E-state index contributed by atoms with van der Waals surface area (Å²) in [5.41, 5.74) is -0.426. The van der Waals surface area contributed by atoms with Gasteiger partial charge in [-0.25, -0.2) is 15.0 Å². The first-order chi connectivity index (χ1) is 13.8. The van der Waals surface area contributed by atoms with Crippen molar-refractivity contribution in [3.05, 3.63) is 65.0 Å². The molecule has 1 aromatic carbocycles. The van der Waals surface area contributed by atoms with Crippen molar-refractivity contribution in [1.29, 1.82) is 0 Å². The van der Waals surface area contributed by atoms with E-state index in [1.54, 1.807) is 43.5 Å². The molecule has 0 spiro atoms. The van der Waals surface area contributed by atoms with Gasteiger partial charge in [-0.05, 0) is 58.4 Å². The van der Waals surface area contributed by atoms with Gasteiger partial charge in [0.2, 0.25) is 0 Å². The smallest absolute Gasteiger partial charge is 0.435 e. The Balaban J connectivity index is 1.79. The molecule has 6 nitrogen and oxygen atoms in total. The lowest BCUT2D eigenvalue weighted by Gasteiger charge is -2.10. The van der Waals surface area contributed by atoms with Gasteiger partial charge in [-0.15, -0.1) is 0 Å². The summed E-state index contributed by atoms with van der Waals surface area (Å²) in [6, 6.07) is 11.7. The number of methoxy groups -OCH3 is 1. The lowest BCUT2D eigenvalue weighted by Crippen LogP contribution is -2.09. The molecule has 3 heterocycles. The van der Waals surface area contributed by atoms with E-state index in [-0.39, 0.29) is 17.2 Å². The van der Waals surface area contributed by atoms with E-state index in [1.807, 2.05) is 0 Å². The zero-order valence-corrected chi connectivity index (χ0v) is 16.5. The summed E-state index contributed by atoms with van der Waals surface area (Å²) in [7, 11) is 1.56. The normalized spacial score (nSPS) is 11.6. The van der Waals surface area contributed by atoms with E-state index in [4.69, 9.17) is 4.74 Å². The highest BCUT2D eigenvalue weighted by molar-refractivity contribution is 9.10. The Labute approximate surface area is 171 Å². The fraction of sp³-hybridized carbons (Fsp3) is 0.105. The van der Waals surface area contributed by atoms with Gasteiger partial charge in [0.05, 0.1) is 7.11 Å². The summed E-state index contributed by atoms with van der Waals surface area (Å²) in [4.78, 5) is 12.1. The number of ether oxygens (including phenoxy) is 1. The van der Waals surface area contributed by atoms with Gasteiger partial charge in [0, 0.05) is 22.6 Å². The maximum Gasteiger partial charge on any atom is 0.435 e. The van der Waals surface area contributed by atoms with Crippen molar-refractivity contribution < 1.29 is 17.9 Å². The minimum Gasteiger partial charge on any atom is -0.497 e. The molecule has 1 N–H and O–H groups in total. The quantitative estimate of drug-likeness (QED) is 0.443. The van der Waals surface area contributed by atoms with Crippen molar-refractivity contribution in [2.45, 2.75) is 6.18 Å². The van der Waals surface area contributed by atoms with Crippen molar-refractivity contribution in [3.8, 4) is 17.3 Å². The molecular formula is C19H13BrF3N5O. The lowest BCUT2D eigenvalue weighted by molar-refractivity contribution is -0.140. The molecule has 0 fully saturated rings. The summed E-state index contributed by atoms with van der Waals surface area (Å²) < 4.78 is 47.9. The summed E-state index contributed by atoms with van der Waals surface area (Å²) in [5.74, 6) is 0.935. The molecule has 0 atom stereocenters. The monoisotopic (exact) mass is 463 g/mol. The average Bonchev–Trinajstić information content (AvgIpc) is 3.08. The summed E-state index contributed by atoms with van der Waals surface area (Å²) >= 11 is 3.28. The fourth-order valence-electron chi connectivity index (χ4n) is 2.79. The van der Waals surface area contributed by atoms with Crippen molar-refractivity contribution in [1.82, 2.24) is 19.4 Å². The number of hydrogen-bond acceptors (Lipinski definition) is 5. The van der Waals surface area contributed by atoms with Gasteiger partial charge < -0.3 is 10.1 Å². The minimum absolute atomic E-state index is 0.0959. The Hall–Kier alpha value is -3.14. The van der Waals surface area contributed by atoms with Gasteiger partial charge in [0.25, 0.3) is 0 Å². The van der Waals surface area contributed by atoms with E-state index in [2.05, 4.69) is 36.2 Å². The van der Waals surface area contributed by atoms with Gasteiger partial charge in [-0.2, -0.15) is 13.2 Å². The molecule has 0 aliphatic heterocycles. The maximum absolute atomic E-state index is 13.6. The number of pyridine rings is 1. The molecule has 0 radical (unpaired) electrons. The van der Waals surface area contributed by atoms with E-state index in [0.717, 1.165) is 0 Å². The van der Waals surface area contributed by atoms with E-state index >= 15 is 0 Å². The third-order valence-electron chi connectivity index (χ3n) is 4.08. The number of imidazole rings is 1. The van der Waals surface area contributed by atoms with Gasteiger partial charge >= 0.3 is 6.18 Å². The molecule has 29 heavy (non-hydrogen) atoms. The summed E-state index contributed by atoms with van der Waals surface area (Å²) in [6.07, 6.45) is -1.76. The highest BCUT2D eigenvalue weighted by Crippen LogP contribution is 2.36. The van der Waals surface area contributed by atoms with Crippen LogP contribution in [0, 0.1) is 0 Å². The second-order valence-electron chi connectivity index (χ2n) is 6.00. The van der Waals surface area contributed by atoms with E-state index < -0.39 is 11.9 Å². The molecule has 4 aromatic rings. The average molecular weight is 464 g/mol. The zero-order valence-electron chi connectivity index (χ0n) is 14.9. The number of hydrogen-bond donors (Lipinski definition) is 1. The third kappa shape index (κ3) is 3.88. The highest BCUT2D eigenvalue weighted by atomic mass is 79.9. The molecule has 0 aliphatic carbocycles. The Morgan fingerprint density at radius 1 is 1.03 bits per heavy atom. The second-order valence-corrected chi connectivity index (χ2v) is 6.92. The van der Waals surface area contributed by atoms with Crippen LogP contribution in [0.4, 0.5) is 24.7 Å². The van der Waals surface area contributed by atoms with Crippen LogP contribution in [0.3, 0.4) is 0 Å². The molecular weight excluding hydrogens is 451 g/mol. The SMILES string of the molecule is COc1ccc(Nc2ccnc(-c3c(C(F)(F)F)nc4ccc(Br)cn34)n2)cc1. The molecule has 0 bridgehead atoms. The van der Waals surface area contributed by atoms with Gasteiger partial charge in [-0.3, -0.25) is 4.40 Å². The van der Waals surface area contributed by atoms with Crippen LogP contribution in [0.1, 0.15) is 5.69 Å². The van der Waals surface area contributed by atoms with Crippen molar-refractivity contribution >= 4 is 33.1 Å². The number of fused-ring (bicyclic) bond motifs is 1. The van der Waals surface area contributed by atoms with Crippen LogP contribution in [0.25, 0.3) is 17.2 Å². The number of anilines is 2. The number of rotatable bonds is 4. The topological polar surface area (TPSA) is 64.3 Å². The van der Waals surface area contributed by atoms with Crippen LogP contribution in [0.2, 0.25) is 0 Å². The first-order valence-corrected chi connectivity index (χ1v) is 9.14. The van der Waals surface area contributed by atoms with Crippen LogP contribution >= 0.6 is 15.9 Å². The Kier molecular flexibility index (Phi) is 4.87.